The lowest BCUT2D eigenvalue weighted by atomic mass is 10.1. The Kier molecular flexibility index (Phi) is 5.59. The quantitative estimate of drug-likeness (QED) is 0.276. The third-order valence-corrected chi connectivity index (χ3v) is 7.43. The molecule has 2 aliphatic carbocycles. The molecule has 2 aliphatic rings. The minimum Gasteiger partial charge on any atom is -0.335 e. The van der Waals surface area contributed by atoms with Gasteiger partial charge in [-0.25, -0.2) is 15.0 Å². The van der Waals surface area contributed by atoms with Crippen LogP contribution in [0.3, 0.4) is 0 Å². The van der Waals surface area contributed by atoms with Crippen molar-refractivity contribution in [3.05, 3.63) is 72.2 Å². The maximum atomic E-state index is 4.98. The Morgan fingerprint density at radius 3 is 2.89 bits per heavy atom. The van der Waals surface area contributed by atoms with Gasteiger partial charge in [0, 0.05) is 36.3 Å². The minimum atomic E-state index is 0.649. The van der Waals surface area contributed by atoms with E-state index in [1.54, 1.807) is 6.20 Å². The molecule has 0 amide bonds. The maximum absolute atomic E-state index is 4.98. The van der Waals surface area contributed by atoms with Crippen LogP contribution in [0.25, 0.3) is 50.5 Å². The van der Waals surface area contributed by atoms with Crippen LogP contribution in [0.4, 0.5) is 0 Å². The molecule has 37 heavy (non-hydrogen) atoms. The molecule has 1 saturated carbocycles. The molecule has 1 fully saturated rings. The lowest BCUT2D eigenvalue weighted by Gasteiger charge is -2.11. The van der Waals surface area contributed by atoms with Gasteiger partial charge < -0.3 is 10.3 Å². The Morgan fingerprint density at radius 2 is 2.00 bits per heavy atom. The van der Waals surface area contributed by atoms with E-state index in [-0.39, 0.29) is 0 Å². The van der Waals surface area contributed by atoms with Crippen molar-refractivity contribution in [3.8, 4) is 22.8 Å². The largest absolute Gasteiger partial charge is 0.335 e. The third kappa shape index (κ3) is 4.23. The van der Waals surface area contributed by atoms with Crippen molar-refractivity contribution in [1.82, 2.24) is 40.4 Å². The summed E-state index contributed by atoms with van der Waals surface area (Å²) in [4.78, 5) is 22.2. The van der Waals surface area contributed by atoms with Crippen LogP contribution in [0.15, 0.2) is 61.1 Å². The number of hydrogen-bond acceptors (Lipinski definition) is 6. The summed E-state index contributed by atoms with van der Waals surface area (Å²) in [6.45, 7) is 1.89. The van der Waals surface area contributed by atoms with E-state index < -0.39 is 0 Å². The number of nitrogens with one attached hydrogen (secondary N) is 3. The Morgan fingerprint density at radius 1 is 1.05 bits per heavy atom. The lowest BCUT2D eigenvalue weighted by molar-refractivity contribution is 0.489. The minimum absolute atomic E-state index is 0.649. The number of nitrogens with zero attached hydrogens (tertiary/aromatic N) is 5. The van der Waals surface area contributed by atoms with Gasteiger partial charge in [0.1, 0.15) is 5.52 Å². The van der Waals surface area contributed by atoms with Crippen LogP contribution in [0.5, 0.6) is 0 Å². The molecule has 3 N–H and O–H groups in total. The molecule has 0 aliphatic heterocycles. The SMILES string of the molecule is C1=CC(c2ccnc3nc(-c4n[nH]c5ccc(-c6cncc(CNCC7CCCC7)c6)nc45)[nH]c23)=CC1. The number of aromatic nitrogens is 7. The van der Waals surface area contributed by atoms with Crippen molar-refractivity contribution in [3.63, 3.8) is 0 Å². The van der Waals surface area contributed by atoms with Gasteiger partial charge in [0.15, 0.2) is 17.2 Å². The summed E-state index contributed by atoms with van der Waals surface area (Å²) in [5.74, 6) is 1.46. The van der Waals surface area contributed by atoms with E-state index >= 15 is 0 Å². The monoisotopic (exact) mass is 488 g/mol. The zero-order chi connectivity index (χ0) is 24.6. The topological polar surface area (TPSA) is 108 Å². The number of rotatable bonds is 7. The standard InChI is InChI=1S/C29H28N8/c1-2-6-18(5-1)14-30-15-19-13-21(17-31-16-19)23-9-10-24-26(33-23)27(37-36-24)29-34-25-22(20-7-3-4-8-20)11-12-32-28(25)35-29/h3,7-13,16-18,30H,1-2,4-6,14-15H2,(H,36,37)(H,32,34,35). The zero-order valence-electron chi connectivity index (χ0n) is 20.5. The van der Waals surface area contributed by atoms with Crippen molar-refractivity contribution in [1.29, 1.82) is 0 Å². The number of imidazole rings is 1. The fourth-order valence-corrected chi connectivity index (χ4v) is 5.51. The van der Waals surface area contributed by atoms with Gasteiger partial charge in [-0.05, 0) is 67.1 Å². The van der Waals surface area contributed by atoms with Crippen molar-refractivity contribution in [2.45, 2.75) is 38.6 Å². The highest BCUT2D eigenvalue weighted by molar-refractivity contribution is 5.95. The summed E-state index contributed by atoms with van der Waals surface area (Å²) < 4.78 is 0. The molecule has 0 spiro atoms. The number of hydrogen-bond donors (Lipinski definition) is 3. The molecule has 184 valence electrons. The number of H-pyrrole nitrogens is 2. The van der Waals surface area contributed by atoms with E-state index in [2.05, 4.69) is 54.8 Å². The van der Waals surface area contributed by atoms with Gasteiger partial charge in [0.25, 0.3) is 0 Å². The predicted molar refractivity (Wildman–Crippen MR) is 145 cm³/mol. The molecule has 7 rings (SSSR count). The Balaban J connectivity index is 1.19. The summed E-state index contributed by atoms with van der Waals surface area (Å²) in [6.07, 6.45) is 18.5. The number of aromatic amines is 2. The van der Waals surface area contributed by atoms with Crippen molar-refractivity contribution in [2.75, 3.05) is 6.54 Å². The van der Waals surface area contributed by atoms with Gasteiger partial charge >= 0.3 is 0 Å². The first-order valence-electron chi connectivity index (χ1n) is 13.0. The second kappa shape index (κ2) is 9.37. The van der Waals surface area contributed by atoms with E-state index in [1.165, 1.54) is 31.3 Å². The molecule has 8 nitrogen and oxygen atoms in total. The van der Waals surface area contributed by atoms with Crippen LogP contribution in [-0.4, -0.2) is 41.7 Å². The Hall–Kier alpha value is -4.17. The molecule has 5 aromatic heterocycles. The van der Waals surface area contributed by atoms with Crippen LogP contribution in [0, 0.1) is 5.92 Å². The van der Waals surface area contributed by atoms with E-state index in [9.17, 15) is 0 Å². The van der Waals surface area contributed by atoms with Crippen molar-refractivity contribution < 1.29 is 0 Å². The molecule has 0 aromatic carbocycles. The second-order valence-electron chi connectivity index (χ2n) is 9.97. The van der Waals surface area contributed by atoms with Crippen molar-refractivity contribution in [2.24, 2.45) is 5.92 Å². The van der Waals surface area contributed by atoms with Crippen LogP contribution >= 0.6 is 0 Å². The first-order valence-corrected chi connectivity index (χ1v) is 13.0. The fraction of sp³-hybridized carbons (Fsp3) is 0.276. The normalized spacial score (nSPS) is 15.8. The highest BCUT2D eigenvalue weighted by Crippen LogP contribution is 2.31. The van der Waals surface area contributed by atoms with E-state index in [4.69, 9.17) is 9.97 Å². The van der Waals surface area contributed by atoms with Gasteiger partial charge in [-0.2, -0.15) is 5.10 Å². The highest BCUT2D eigenvalue weighted by atomic mass is 15.2. The van der Waals surface area contributed by atoms with Crippen LogP contribution in [0.1, 0.15) is 43.2 Å². The molecule has 0 radical (unpaired) electrons. The maximum Gasteiger partial charge on any atom is 0.178 e. The van der Waals surface area contributed by atoms with Gasteiger partial charge in [-0.1, -0.05) is 31.1 Å². The average Bonchev–Trinajstić information content (AvgIpc) is 3.74. The lowest BCUT2D eigenvalue weighted by Crippen LogP contribution is -2.20. The highest BCUT2D eigenvalue weighted by Gasteiger charge is 2.18. The molecule has 0 unspecified atom stereocenters. The van der Waals surface area contributed by atoms with Crippen LogP contribution in [0.2, 0.25) is 0 Å². The first-order chi connectivity index (χ1) is 18.3. The Bertz CT molecular complexity index is 1650. The number of pyridine rings is 3. The molecule has 0 atom stereocenters. The fourth-order valence-electron chi connectivity index (χ4n) is 5.51. The predicted octanol–water partition coefficient (Wildman–Crippen LogP) is 5.58. The summed E-state index contributed by atoms with van der Waals surface area (Å²) >= 11 is 0. The third-order valence-electron chi connectivity index (χ3n) is 7.43. The molecule has 0 bridgehead atoms. The Labute approximate surface area is 214 Å². The van der Waals surface area contributed by atoms with Gasteiger partial charge in [0.2, 0.25) is 0 Å². The smallest absolute Gasteiger partial charge is 0.178 e. The molecular formula is C29H28N8. The zero-order valence-corrected chi connectivity index (χ0v) is 20.5. The summed E-state index contributed by atoms with van der Waals surface area (Å²) in [6, 6.07) is 8.21. The van der Waals surface area contributed by atoms with E-state index in [0.717, 1.165) is 64.4 Å². The molecule has 8 heteroatoms. The molecular weight excluding hydrogens is 460 g/mol. The van der Waals surface area contributed by atoms with E-state index in [0.29, 0.717) is 17.2 Å². The summed E-state index contributed by atoms with van der Waals surface area (Å²) in [5, 5.41) is 11.3. The van der Waals surface area contributed by atoms with Crippen LogP contribution in [-0.2, 0) is 6.54 Å². The molecule has 5 heterocycles. The van der Waals surface area contributed by atoms with Gasteiger partial charge in [-0.3, -0.25) is 10.1 Å². The summed E-state index contributed by atoms with van der Waals surface area (Å²) in [7, 11) is 0. The first kappa shape index (κ1) is 22.1. The number of allylic oxidation sites excluding steroid dienone is 4. The van der Waals surface area contributed by atoms with Crippen molar-refractivity contribution >= 4 is 27.8 Å². The molecule has 0 saturated heterocycles. The van der Waals surface area contributed by atoms with Gasteiger partial charge in [0.05, 0.1) is 16.7 Å². The average molecular weight is 489 g/mol. The second-order valence-corrected chi connectivity index (χ2v) is 9.97. The van der Waals surface area contributed by atoms with Gasteiger partial charge in [-0.15, -0.1) is 0 Å². The van der Waals surface area contributed by atoms with Crippen LogP contribution < -0.4 is 5.32 Å². The number of fused-ring (bicyclic) bond motifs is 2. The molecule has 5 aromatic rings. The van der Waals surface area contributed by atoms with E-state index in [1.807, 2.05) is 30.6 Å². The summed E-state index contributed by atoms with van der Waals surface area (Å²) in [5.41, 5.74) is 9.16.